The summed E-state index contributed by atoms with van der Waals surface area (Å²) >= 11 is 0. The molecule has 0 bridgehead atoms. The Balaban J connectivity index is 3.94. The zero-order valence-electron chi connectivity index (χ0n) is 8.54. The van der Waals surface area contributed by atoms with Gasteiger partial charge < -0.3 is 11.1 Å². The van der Waals surface area contributed by atoms with Crippen LogP contribution in [-0.4, -0.2) is 30.4 Å². The van der Waals surface area contributed by atoms with Gasteiger partial charge in [-0.1, -0.05) is 6.08 Å². The third-order valence-electron chi connectivity index (χ3n) is 1.74. The molecule has 14 heavy (non-hydrogen) atoms. The van der Waals surface area contributed by atoms with E-state index in [0.717, 1.165) is 0 Å². The molecule has 0 saturated heterocycles. The summed E-state index contributed by atoms with van der Waals surface area (Å²) in [6.07, 6.45) is 1.59. The first kappa shape index (κ1) is 12.6. The second-order valence-electron chi connectivity index (χ2n) is 3.05. The Bertz CT molecular complexity index is 228. The van der Waals surface area contributed by atoms with E-state index in [9.17, 15) is 9.59 Å². The van der Waals surface area contributed by atoms with Gasteiger partial charge in [-0.05, 0) is 13.8 Å². The molecule has 0 spiro atoms. The molecule has 5 heteroatoms. The van der Waals surface area contributed by atoms with Gasteiger partial charge in [-0.3, -0.25) is 14.9 Å². The van der Waals surface area contributed by atoms with Crippen LogP contribution in [0.3, 0.4) is 0 Å². The maximum atomic E-state index is 11.3. The lowest BCUT2D eigenvalue weighted by Gasteiger charge is -2.16. The fraction of sp³-hybridized carbons (Fsp3) is 0.556. The number of nitrogens with one attached hydrogen (secondary N) is 2. The number of carbonyl (C=O) groups excluding carboxylic acids is 2. The van der Waals surface area contributed by atoms with Gasteiger partial charge in [0.05, 0.1) is 12.1 Å². The number of hydrogen-bond acceptors (Lipinski definition) is 3. The highest BCUT2D eigenvalue weighted by atomic mass is 16.2. The largest absolute Gasteiger partial charge is 0.368 e. The normalized spacial score (nSPS) is 14.1. The van der Waals surface area contributed by atoms with Gasteiger partial charge in [0, 0.05) is 6.54 Å². The van der Waals surface area contributed by atoms with Gasteiger partial charge in [0.1, 0.15) is 0 Å². The number of rotatable bonds is 6. The third kappa shape index (κ3) is 4.61. The van der Waals surface area contributed by atoms with Crippen LogP contribution in [0.5, 0.6) is 0 Å². The van der Waals surface area contributed by atoms with Crippen molar-refractivity contribution in [1.82, 2.24) is 10.6 Å². The van der Waals surface area contributed by atoms with Crippen LogP contribution in [0, 0.1) is 0 Å². The standard InChI is InChI=1S/C9H17N3O2/c1-4-5-11-9(14)7(3)12-6(2)8(10)13/h4,6-7,12H,1,5H2,2-3H3,(H2,10,13)(H,11,14). The highest BCUT2D eigenvalue weighted by Crippen LogP contribution is 1.87. The zero-order chi connectivity index (χ0) is 11.1. The SMILES string of the molecule is C=CCNC(=O)C(C)NC(C)C(N)=O. The highest BCUT2D eigenvalue weighted by Gasteiger charge is 2.16. The van der Waals surface area contributed by atoms with E-state index in [-0.39, 0.29) is 5.91 Å². The van der Waals surface area contributed by atoms with Crippen LogP contribution in [0.15, 0.2) is 12.7 Å². The van der Waals surface area contributed by atoms with Crippen molar-refractivity contribution < 1.29 is 9.59 Å². The summed E-state index contributed by atoms with van der Waals surface area (Å²) in [5, 5.41) is 5.37. The number of nitrogens with two attached hydrogens (primary N) is 1. The number of hydrogen-bond donors (Lipinski definition) is 3. The van der Waals surface area contributed by atoms with E-state index >= 15 is 0 Å². The van der Waals surface area contributed by atoms with Crippen LogP contribution >= 0.6 is 0 Å². The first-order valence-electron chi connectivity index (χ1n) is 4.43. The summed E-state index contributed by atoms with van der Waals surface area (Å²) in [6.45, 7) is 7.16. The molecule has 0 saturated carbocycles. The minimum absolute atomic E-state index is 0.182. The minimum atomic E-state index is -0.514. The van der Waals surface area contributed by atoms with E-state index in [0.29, 0.717) is 6.54 Å². The molecule has 0 aliphatic rings. The molecule has 0 radical (unpaired) electrons. The maximum Gasteiger partial charge on any atom is 0.237 e. The van der Waals surface area contributed by atoms with Gasteiger partial charge in [0.15, 0.2) is 0 Å². The van der Waals surface area contributed by atoms with Crippen LogP contribution in [-0.2, 0) is 9.59 Å². The van der Waals surface area contributed by atoms with Crippen molar-refractivity contribution in [3.05, 3.63) is 12.7 Å². The molecule has 0 aliphatic heterocycles. The maximum absolute atomic E-state index is 11.3. The molecule has 0 aromatic heterocycles. The average molecular weight is 199 g/mol. The van der Waals surface area contributed by atoms with Crippen LogP contribution in [0.2, 0.25) is 0 Å². The van der Waals surface area contributed by atoms with Crippen LogP contribution < -0.4 is 16.4 Å². The van der Waals surface area contributed by atoms with Crippen molar-refractivity contribution in [3.8, 4) is 0 Å². The van der Waals surface area contributed by atoms with E-state index in [1.165, 1.54) is 0 Å². The monoisotopic (exact) mass is 199 g/mol. The van der Waals surface area contributed by atoms with Crippen molar-refractivity contribution in [2.24, 2.45) is 5.73 Å². The van der Waals surface area contributed by atoms with Gasteiger partial charge in [0.2, 0.25) is 11.8 Å². The van der Waals surface area contributed by atoms with E-state index < -0.39 is 18.0 Å². The highest BCUT2D eigenvalue weighted by molar-refractivity contribution is 5.84. The molecule has 0 aliphatic carbocycles. The molecule has 0 heterocycles. The first-order chi connectivity index (χ1) is 6.49. The first-order valence-corrected chi connectivity index (χ1v) is 4.43. The topological polar surface area (TPSA) is 84.2 Å². The molecule has 2 unspecified atom stereocenters. The molecule has 0 aromatic rings. The van der Waals surface area contributed by atoms with Crippen LogP contribution in [0.1, 0.15) is 13.8 Å². The molecular formula is C9H17N3O2. The Labute approximate surface area is 83.7 Å². The third-order valence-corrected chi connectivity index (χ3v) is 1.74. The van der Waals surface area contributed by atoms with Gasteiger partial charge in [-0.25, -0.2) is 0 Å². The second kappa shape index (κ2) is 6.15. The van der Waals surface area contributed by atoms with E-state index in [2.05, 4.69) is 17.2 Å². The van der Waals surface area contributed by atoms with E-state index in [1.807, 2.05) is 0 Å². The van der Waals surface area contributed by atoms with Crippen molar-refractivity contribution in [2.45, 2.75) is 25.9 Å². The Morgan fingerprint density at radius 2 is 2.00 bits per heavy atom. The molecule has 80 valence electrons. The second-order valence-corrected chi connectivity index (χ2v) is 3.05. The van der Waals surface area contributed by atoms with Crippen molar-refractivity contribution in [3.63, 3.8) is 0 Å². The lowest BCUT2D eigenvalue weighted by atomic mass is 10.2. The van der Waals surface area contributed by atoms with Crippen molar-refractivity contribution in [1.29, 1.82) is 0 Å². The Kier molecular flexibility index (Phi) is 5.55. The lowest BCUT2D eigenvalue weighted by molar-refractivity contribution is -0.123. The zero-order valence-corrected chi connectivity index (χ0v) is 8.54. The average Bonchev–Trinajstić information content (AvgIpc) is 2.13. The molecule has 0 fully saturated rings. The summed E-state index contributed by atoms with van der Waals surface area (Å²) in [6, 6.07) is -0.961. The number of amides is 2. The molecule has 4 N–H and O–H groups in total. The molecular weight excluding hydrogens is 182 g/mol. The van der Waals surface area contributed by atoms with Crippen molar-refractivity contribution in [2.75, 3.05) is 6.54 Å². The van der Waals surface area contributed by atoms with Crippen LogP contribution in [0.4, 0.5) is 0 Å². The lowest BCUT2D eigenvalue weighted by Crippen LogP contribution is -2.49. The quantitative estimate of drug-likeness (QED) is 0.487. The van der Waals surface area contributed by atoms with Crippen molar-refractivity contribution >= 4 is 11.8 Å². The van der Waals surface area contributed by atoms with Gasteiger partial charge in [-0.2, -0.15) is 0 Å². The predicted octanol–water partition coefficient (Wildman–Crippen LogP) is -0.859. The van der Waals surface area contributed by atoms with Gasteiger partial charge in [-0.15, -0.1) is 6.58 Å². The number of primary amides is 1. The smallest absolute Gasteiger partial charge is 0.237 e. The molecule has 0 rings (SSSR count). The van der Waals surface area contributed by atoms with Crippen LogP contribution in [0.25, 0.3) is 0 Å². The summed E-state index contributed by atoms with van der Waals surface area (Å²) in [5.41, 5.74) is 5.04. The molecule has 2 atom stereocenters. The van der Waals surface area contributed by atoms with Gasteiger partial charge in [0.25, 0.3) is 0 Å². The molecule has 2 amide bonds. The Morgan fingerprint density at radius 1 is 1.43 bits per heavy atom. The minimum Gasteiger partial charge on any atom is -0.368 e. The predicted molar refractivity (Wildman–Crippen MR) is 54.5 cm³/mol. The Hall–Kier alpha value is -1.36. The Morgan fingerprint density at radius 3 is 2.43 bits per heavy atom. The summed E-state index contributed by atoms with van der Waals surface area (Å²) in [5.74, 6) is -0.661. The molecule has 5 nitrogen and oxygen atoms in total. The summed E-state index contributed by atoms with van der Waals surface area (Å²) < 4.78 is 0. The van der Waals surface area contributed by atoms with E-state index in [4.69, 9.17) is 5.73 Å². The van der Waals surface area contributed by atoms with Gasteiger partial charge >= 0.3 is 0 Å². The summed E-state index contributed by atoms with van der Waals surface area (Å²) in [7, 11) is 0. The molecule has 0 aromatic carbocycles. The number of carbonyl (C=O) groups is 2. The fourth-order valence-corrected chi connectivity index (χ4v) is 0.859. The van der Waals surface area contributed by atoms with E-state index in [1.54, 1.807) is 19.9 Å². The fourth-order valence-electron chi connectivity index (χ4n) is 0.859. The summed E-state index contributed by atoms with van der Waals surface area (Å²) in [4.78, 5) is 22.0.